The molecule has 0 aromatic heterocycles. The minimum absolute atomic E-state index is 0.684. The van der Waals surface area contributed by atoms with Gasteiger partial charge in [0.15, 0.2) is 0 Å². The Morgan fingerprint density at radius 3 is 2.15 bits per heavy atom. The summed E-state index contributed by atoms with van der Waals surface area (Å²) in [5.41, 5.74) is 0. The molecule has 0 radical (unpaired) electrons. The molecule has 78 valence electrons. The quantitative estimate of drug-likeness (QED) is 0.594. The molecule has 13 heavy (non-hydrogen) atoms. The molecule has 0 amide bonds. The first-order valence-electron chi connectivity index (χ1n) is 5.52. The number of quaternary nitrogens is 1. The Balaban J connectivity index is 2.78. The molecule has 1 aliphatic heterocycles. The number of rotatable bonds is 2. The molecule has 2 nitrogen and oxygen atoms in total. The van der Waals surface area contributed by atoms with E-state index in [-0.39, 0.29) is 0 Å². The van der Waals surface area contributed by atoms with Crippen LogP contribution in [0.15, 0.2) is 0 Å². The predicted molar refractivity (Wildman–Crippen MR) is 57.5 cm³/mol. The van der Waals surface area contributed by atoms with Crippen molar-refractivity contribution < 1.29 is 4.48 Å². The molecule has 2 unspecified atom stereocenters. The van der Waals surface area contributed by atoms with E-state index in [4.69, 9.17) is 0 Å². The fourth-order valence-corrected chi connectivity index (χ4v) is 2.45. The first-order chi connectivity index (χ1) is 5.92. The van der Waals surface area contributed by atoms with Crippen LogP contribution in [0.3, 0.4) is 0 Å². The van der Waals surface area contributed by atoms with Crippen molar-refractivity contribution in [1.82, 2.24) is 4.90 Å². The summed E-state index contributed by atoms with van der Waals surface area (Å²) in [6.45, 7) is 14.1. The summed E-state index contributed by atoms with van der Waals surface area (Å²) < 4.78 is 1.21. The topological polar surface area (TPSA) is 3.24 Å². The lowest BCUT2D eigenvalue weighted by atomic mass is 10.1. The summed E-state index contributed by atoms with van der Waals surface area (Å²) >= 11 is 0. The zero-order valence-corrected chi connectivity index (χ0v) is 10.0. The summed E-state index contributed by atoms with van der Waals surface area (Å²) in [5, 5.41) is 0. The van der Waals surface area contributed by atoms with Gasteiger partial charge in [-0.1, -0.05) is 0 Å². The van der Waals surface area contributed by atoms with E-state index < -0.39 is 0 Å². The molecule has 0 saturated carbocycles. The van der Waals surface area contributed by atoms with Gasteiger partial charge in [0.2, 0.25) is 0 Å². The van der Waals surface area contributed by atoms with Crippen molar-refractivity contribution in [3.05, 3.63) is 0 Å². The fraction of sp³-hybridized carbons (Fsp3) is 1.00. The molecule has 1 rings (SSSR count). The number of hydrogen-bond acceptors (Lipinski definition) is 1. The molecule has 0 N–H and O–H groups in total. The Kier molecular flexibility index (Phi) is 3.03. The van der Waals surface area contributed by atoms with Gasteiger partial charge in [-0.2, -0.15) is 0 Å². The lowest BCUT2D eigenvalue weighted by molar-refractivity contribution is -0.921. The first kappa shape index (κ1) is 11.0. The summed E-state index contributed by atoms with van der Waals surface area (Å²) in [4.78, 5) is 2.62. The van der Waals surface area contributed by atoms with Crippen LogP contribution in [-0.2, 0) is 0 Å². The van der Waals surface area contributed by atoms with Gasteiger partial charge in [0.05, 0.1) is 19.6 Å². The second-order valence-electron chi connectivity index (χ2n) is 5.03. The van der Waals surface area contributed by atoms with E-state index in [9.17, 15) is 0 Å². The molecule has 1 saturated heterocycles. The van der Waals surface area contributed by atoms with Gasteiger partial charge in [-0.05, 0) is 34.6 Å². The molecule has 1 heterocycles. The van der Waals surface area contributed by atoms with E-state index >= 15 is 0 Å². The molecule has 0 aromatic carbocycles. The Labute approximate surface area is 83.1 Å². The van der Waals surface area contributed by atoms with Gasteiger partial charge in [0, 0.05) is 6.04 Å². The zero-order chi connectivity index (χ0) is 10.2. The SMILES string of the molecule is CC[N@@+]1(C)CN(C(C)C)C(C)C1C. The van der Waals surface area contributed by atoms with Gasteiger partial charge in [-0.25, -0.2) is 4.90 Å². The zero-order valence-electron chi connectivity index (χ0n) is 10.0. The maximum Gasteiger partial charge on any atom is 0.135 e. The normalized spacial score (nSPS) is 41.8. The lowest BCUT2D eigenvalue weighted by Crippen LogP contribution is -2.48. The average Bonchev–Trinajstić information content (AvgIpc) is 2.31. The summed E-state index contributed by atoms with van der Waals surface area (Å²) in [6, 6.07) is 2.18. The third-order valence-electron chi connectivity index (χ3n) is 4.08. The lowest BCUT2D eigenvalue weighted by Gasteiger charge is -2.33. The predicted octanol–water partition coefficient (Wildman–Crippen LogP) is 1.91. The molecule has 3 atom stereocenters. The van der Waals surface area contributed by atoms with Crippen LogP contribution in [0.1, 0.15) is 34.6 Å². The Bertz CT molecular complexity index is 179. The minimum Gasteiger partial charge on any atom is -0.310 e. The molecule has 0 aromatic rings. The van der Waals surface area contributed by atoms with Gasteiger partial charge < -0.3 is 4.48 Å². The van der Waals surface area contributed by atoms with Crippen molar-refractivity contribution in [2.24, 2.45) is 0 Å². The number of likely N-dealkylation sites (N-methyl/N-ethyl adjacent to an activating group) is 1. The van der Waals surface area contributed by atoms with E-state index in [0.29, 0.717) is 6.04 Å². The van der Waals surface area contributed by atoms with Crippen LogP contribution >= 0.6 is 0 Å². The molecule has 0 aliphatic carbocycles. The van der Waals surface area contributed by atoms with Crippen LogP contribution in [-0.4, -0.2) is 47.8 Å². The third kappa shape index (κ3) is 1.75. The van der Waals surface area contributed by atoms with Gasteiger partial charge in [0.1, 0.15) is 12.7 Å². The highest BCUT2D eigenvalue weighted by atomic mass is 15.5. The maximum absolute atomic E-state index is 2.62. The van der Waals surface area contributed by atoms with E-state index in [1.807, 2.05) is 0 Å². The van der Waals surface area contributed by atoms with Crippen LogP contribution < -0.4 is 0 Å². The Morgan fingerprint density at radius 2 is 1.92 bits per heavy atom. The Hall–Kier alpha value is -0.0800. The van der Waals surface area contributed by atoms with Crippen molar-refractivity contribution in [2.45, 2.75) is 52.7 Å². The van der Waals surface area contributed by atoms with Crippen molar-refractivity contribution in [2.75, 3.05) is 20.3 Å². The molecular weight excluding hydrogens is 160 g/mol. The summed E-state index contributed by atoms with van der Waals surface area (Å²) in [5.74, 6) is 0. The maximum atomic E-state index is 2.62. The number of nitrogens with zero attached hydrogens (tertiary/aromatic N) is 2. The van der Waals surface area contributed by atoms with Crippen LogP contribution in [0.4, 0.5) is 0 Å². The molecule has 0 spiro atoms. The standard InChI is InChI=1S/C11H25N2/c1-7-13(6)8-12(9(2)3)10(4)11(13)5/h9-11H,7-8H2,1-6H3/q+1/t10?,11?,13-/m0/s1. The van der Waals surface area contributed by atoms with Crippen molar-refractivity contribution in [1.29, 1.82) is 0 Å². The number of hydrogen-bond donors (Lipinski definition) is 0. The third-order valence-corrected chi connectivity index (χ3v) is 4.08. The highest BCUT2D eigenvalue weighted by Gasteiger charge is 2.44. The van der Waals surface area contributed by atoms with Crippen LogP contribution in [0.5, 0.6) is 0 Å². The molecular formula is C11H25N2+. The monoisotopic (exact) mass is 185 g/mol. The average molecular weight is 185 g/mol. The summed E-state index contributed by atoms with van der Waals surface area (Å²) in [6.07, 6.45) is 0. The highest BCUT2D eigenvalue weighted by Crippen LogP contribution is 2.27. The van der Waals surface area contributed by atoms with Crippen LogP contribution in [0, 0.1) is 0 Å². The van der Waals surface area contributed by atoms with E-state index in [1.54, 1.807) is 0 Å². The van der Waals surface area contributed by atoms with Gasteiger partial charge in [-0.3, -0.25) is 0 Å². The minimum atomic E-state index is 0.684. The second-order valence-corrected chi connectivity index (χ2v) is 5.03. The molecule has 2 heteroatoms. The largest absolute Gasteiger partial charge is 0.310 e. The van der Waals surface area contributed by atoms with Gasteiger partial charge >= 0.3 is 0 Å². The van der Waals surface area contributed by atoms with Crippen LogP contribution in [0.2, 0.25) is 0 Å². The van der Waals surface area contributed by atoms with Crippen molar-refractivity contribution >= 4 is 0 Å². The second kappa shape index (κ2) is 3.58. The van der Waals surface area contributed by atoms with Crippen molar-refractivity contribution in [3.8, 4) is 0 Å². The van der Waals surface area contributed by atoms with E-state index in [2.05, 4.69) is 46.6 Å². The first-order valence-corrected chi connectivity index (χ1v) is 5.52. The van der Waals surface area contributed by atoms with E-state index in [0.717, 1.165) is 12.1 Å². The van der Waals surface area contributed by atoms with Crippen molar-refractivity contribution in [3.63, 3.8) is 0 Å². The van der Waals surface area contributed by atoms with Gasteiger partial charge in [0.25, 0.3) is 0 Å². The highest BCUT2D eigenvalue weighted by molar-refractivity contribution is 4.80. The summed E-state index contributed by atoms with van der Waals surface area (Å²) in [7, 11) is 2.38. The molecule has 1 aliphatic rings. The fourth-order valence-electron chi connectivity index (χ4n) is 2.45. The molecule has 0 bridgehead atoms. The van der Waals surface area contributed by atoms with E-state index in [1.165, 1.54) is 17.7 Å². The molecule has 1 fully saturated rings. The van der Waals surface area contributed by atoms with Gasteiger partial charge in [-0.15, -0.1) is 0 Å². The van der Waals surface area contributed by atoms with Crippen LogP contribution in [0.25, 0.3) is 0 Å². The smallest absolute Gasteiger partial charge is 0.135 e. The Morgan fingerprint density at radius 1 is 1.38 bits per heavy atom.